The molecule has 1 atom stereocenters. The van der Waals surface area contributed by atoms with Gasteiger partial charge in [0.25, 0.3) is 0 Å². The summed E-state index contributed by atoms with van der Waals surface area (Å²) in [6.45, 7) is 6.00. The molecule has 1 N–H and O–H groups in total. The fourth-order valence-electron chi connectivity index (χ4n) is 2.21. The smallest absolute Gasteiger partial charge is 0.167 e. The van der Waals surface area contributed by atoms with Crippen molar-refractivity contribution >= 4 is 5.82 Å². The molecule has 104 valence electrons. The highest BCUT2D eigenvalue weighted by Gasteiger charge is 2.17. The number of hydrogen-bond donors (Lipinski definition) is 1. The monoisotopic (exact) mass is 270 g/mol. The van der Waals surface area contributed by atoms with Crippen LogP contribution >= 0.6 is 0 Å². The fourth-order valence-corrected chi connectivity index (χ4v) is 2.21. The molecular weight excluding hydrogens is 252 g/mol. The lowest BCUT2D eigenvalue weighted by Crippen LogP contribution is -2.12. The molecule has 0 bridgehead atoms. The Morgan fingerprint density at radius 2 is 2.15 bits per heavy atom. The lowest BCUT2D eigenvalue weighted by atomic mass is 10.0. The van der Waals surface area contributed by atoms with Crippen molar-refractivity contribution in [2.75, 3.05) is 5.32 Å². The minimum atomic E-state index is -0.0661. The Bertz CT molecular complexity index is 614. The van der Waals surface area contributed by atoms with Gasteiger partial charge in [-0.3, -0.25) is 0 Å². The number of anilines is 1. The third-order valence-corrected chi connectivity index (χ3v) is 3.28. The zero-order valence-electron chi connectivity index (χ0n) is 12.0. The molecule has 0 aromatic carbocycles. The van der Waals surface area contributed by atoms with E-state index >= 15 is 0 Å². The van der Waals surface area contributed by atoms with Crippen molar-refractivity contribution < 1.29 is 4.42 Å². The zero-order valence-corrected chi connectivity index (χ0v) is 12.0. The number of furan rings is 1. The van der Waals surface area contributed by atoms with Crippen molar-refractivity contribution in [3.8, 4) is 6.07 Å². The first-order valence-electron chi connectivity index (χ1n) is 6.79. The summed E-state index contributed by atoms with van der Waals surface area (Å²) >= 11 is 0. The summed E-state index contributed by atoms with van der Waals surface area (Å²) in [5.41, 5.74) is 2.44. The number of hydrogen-bond acceptors (Lipinski definition) is 5. The largest absolute Gasteiger partial charge is 0.467 e. The topological polar surface area (TPSA) is 74.7 Å². The number of aromatic nitrogens is 2. The van der Waals surface area contributed by atoms with E-state index in [-0.39, 0.29) is 6.04 Å². The summed E-state index contributed by atoms with van der Waals surface area (Å²) in [4.78, 5) is 0. The Hall–Kier alpha value is -2.35. The predicted molar refractivity (Wildman–Crippen MR) is 76.2 cm³/mol. The van der Waals surface area contributed by atoms with Gasteiger partial charge in [0, 0.05) is 0 Å². The van der Waals surface area contributed by atoms with Gasteiger partial charge >= 0.3 is 0 Å². The van der Waals surface area contributed by atoms with Gasteiger partial charge in [0.1, 0.15) is 17.4 Å². The molecule has 0 aliphatic heterocycles. The molecule has 2 aromatic rings. The highest BCUT2D eigenvalue weighted by Crippen LogP contribution is 2.24. The molecule has 0 aliphatic rings. The van der Waals surface area contributed by atoms with Crippen LogP contribution in [-0.2, 0) is 12.8 Å². The number of aryl methyl sites for hydroxylation is 1. The quantitative estimate of drug-likeness (QED) is 0.902. The van der Waals surface area contributed by atoms with Crippen molar-refractivity contribution in [1.82, 2.24) is 10.2 Å². The molecule has 1 unspecified atom stereocenters. The second kappa shape index (κ2) is 6.20. The van der Waals surface area contributed by atoms with Gasteiger partial charge in [-0.2, -0.15) is 10.4 Å². The highest BCUT2D eigenvalue weighted by atomic mass is 16.3. The van der Waals surface area contributed by atoms with Crippen LogP contribution < -0.4 is 5.32 Å². The van der Waals surface area contributed by atoms with Crippen LogP contribution in [0.4, 0.5) is 5.82 Å². The van der Waals surface area contributed by atoms with Crippen molar-refractivity contribution in [3.05, 3.63) is 41.0 Å². The third-order valence-electron chi connectivity index (χ3n) is 3.28. The van der Waals surface area contributed by atoms with E-state index in [0.29, 0.717) is 11.4 Å². The number of nitrogens with one attached hydrogen (secondary N) is 1. The van der Waals surface area contributed by atoms with Crippen molar-refractivity contribution in [2.24, 2.45) is 0 Å². The van der Waals surface area contributed by atoms with Crippen LogP contribution in [0.25, 0.3) is 0 Å². The minimum Gasteiger partial charge on any atom is -0.467 e. The highest BCUT2D eigenvalue weighted by molar-refractivity contribution is 5.57. The molecule has 5 nitrogen and oxygen atoms in total. The zero-order chi connectivity index (χ0) is 14.5. The number of rotatable bonds is 5. The van der Waals surface area contributed by atoms with Crippen LogP contribution in [0.5, 0.6) is 0 Å². The molecule has 20 heavy (non-hydrogen) atoms. The first-order chi connectivity index (χ1) is 9.71. The molecule has 0 amide bonds. The van der Waals surface area contributed by atoms with E-state index in [0.717, 1.165) is 29.9 Å². The van der Waals surface area contributed by atoms with Gasteiger partial charge in [-0.25, -0.2) is 0 Å². The van der Waals surface area contributed by atoms with Crippen molar-refractivity contribution in [2.45, 2.75) is 39.7 Å². The third kappa shape index (κ3) is 2.64. The van der Waals surface area contributed by atoms with Gasteiger partial charge in [-0.1, -0.05) is 13.8 Å². The Morgan fingerprint density at radius 1 is 1.35 bits per heavy atom. The lowest BCUT2D eigenvalue weighted by Gasteiger charge is -2.15. The minimum absolute atomic E-state index is 0.0661. The lowest BCUT2D eigenvalue weighted by molar-refractivity contribution is 0.490. The van der Waals surface area contributed by atoms with Gasteiger partial charge in [0.05, 0.1) is 18.0 Å². The predicted octanol–water partition coefficient (Wildman–Crippen LogP) is 3.24. The maximum absolute atomic E-state index is 9.41. The molecule has 0 spiro atoms. The van der Waals surface area contributed by atoms with Crippen LogP contribution in [0.1, 0.15) is 49.4 Å². The van der Waals surface area contributed by atoms with E-state index in [1.54, 1.807) is 6.26 Å². The molecule has 2 heterocycles. The Balaban J connectivity index is 2.35. The second-order valence-corrected chi connectivity index (χ2v) is 4.55. The van der Waals surface area contributed by atoms with Crippen LogP contribution in [0.15, 0.2) is 22.8 Å². The van der Waals surface area contributed by atoms with Crippen molar-refractivity contribution in [3.63, 3.8) is 0 Å². The number of nitriles is 1. The Morgan fingerprint density at radius 3 is 2.70 bits per heavy atom. The average Bonchev–Trinajstić information content (AvgIpc) is 3.00. The van der Waals surface area contributed by atoms with Gasteiger partial charge in [-0.15, -0.1) is 5.10 Å². The first kappa shape index (κ1) is 14.1. The van der Waals surface area contributed by atoms with Gasteiger partial charge < -0.3 is 9.73 Å². The summed E-state index contributed by atoms with van der Waals surface area (Å²) in [7, 11) is 0. The second-order valence-electron chi connectivity index (χ2n) is 4.55. The molecule has 0 radical (unpaired) electrons. The van der Waals surface area contributed by atoms with Gasteiger partial charge in [0.15, 0.2) is 5.82 Å². The van der Waals surface area contributed by atoms with Gasteiger partial charge in [0.2, 0.25) is 0 Å². The summed E-state index contributed by atoms with van der Waals surface area (Å²) in [5, 5.41) is 21.0. The van der Waals surface area contributed by atoms with Crippen LogP contribution in [0, 0.1) is 11.3 Å². The van der Waals surface area contributed by atoms with Crippen LogP contribution in [0.2, 0.25) is 0 Å². The maximum Gasteiger partial charge on any atom is 0.167 e. The molecular formula is C15H18N4O. The van der Waals surface area contributed by atoms with Gasteiger partial charge in [-0.05, 0) is 37.5 Å². The van der Waals surface area contributed by atoms with E-state index in [1.165, 1.54) is 0 Å². The summed E-state index contributed by atoms with van der Waals surface area (Å²) in [5.74, 6) is 1.32. The molecule has 0 aliphatic carbocycles. The molecule has 0 saturated carbocycles. The normalized spacial score (nSPS) is 11.9. The van der Waals surface area contributed by atoms with E-state index in [1.807, 2.05) is 32.9 Å². The summed E-state index contributed by atoms with van der Waals surface area (Å²) in [6.07, 6.45) is 3.17. The SMILES string of the molecule is CCc1nnc(NC(C)c2ccco2)c(C#N)c1CC. The fraction of sp³-hybridized carbons (Fsp3) is 0.400. The van der Waals surface area contributed by atoms with E-state index < -0.39 is 0 Å². The Labute approximate surface area is 118 Å². The maximum atomic E-state index is 9.41. The number of nitrogens with zero attached hydrogens (tertiary/aromatic N) is 3. The Kier molecular flexibility index (Phi) is 4.36. The molecule has 5 heteroatoms. The van der Waals surface area contributed by atoms with E-state index in [2.05, 4.69) is 21.6 Å². The molecule has 0 fully saturated rings. The average molecular weight is 270 g/mol. The van der Waals surface area contributed by atoms with E-state index in [4.69, 9.17) is 4.42 Å². The summed E-state index contributed by atoms with van der Waals surface area (Å²) in [6, 6.07) is 5.90. The molecule has 0 saturated heterocycles. The van der Waals surface area contributed by atoms with Crippen LogP contribution in [-0.4, -0.2) is 10.2 Å². The van der Waals surface area contributed by atoms with Crippen molar-refractivity contribution in [1.29, 1.82) is 5.26 Å². The standard InChI is InChI=1S/C15H18N4O/c1-4-11-12(9-16)15(19-18-13(11)5-2)17-10(3)14-7-6-8-20-14/h6-8,10H,4-5H2,1-3H3,(H,17,19). The molecule has 2 rings (SSSR count). The summed E-state index contributed by atoms with van der Waals surface area (Å²) < 4.78 is 5.35. The first-order valence-corrected chi connectivity index (χ1v) is 6.79. The van der Waals surface area contributed by atoms with Crippen LogP contribution in [0.3, 0.4) is 0 Å². The van der Waals surface area contributed by atoms with E-state index in [9.17, 15) is 5.26 Å². The molecule has 2 aromatic heterocycles.